The molecule has 0 aliphatic carbocycles. The maximum atomic E-state index is 13.6. The normalized spacial score (nSPS) is 14.0. The number of fused-ring (bicyclic) bond motifs is 1. The number of rotatable bonds is 4. The summed E-state index contributed by atoms with van der Waals surface area (Å²) in [6.07, 6.45) is 0.660. The molecular formula is C25H28N4O4. The summed E-state index contributed by atoms with van der Waals surface area (Å²) in [5.41, 5.74) is 1.83. The second-order valence-corrected chi connectivity index (χ2v) is 8.40. The number of carbonyl (C=O) groups is 2. The molecule has 0 spiro atoms. The van der Waals surface area contributed by atoms with Crippen molar-refractivity contribution in [2.24, 2.45) is 0 Å². The molecule has 0 radical (unpaired) electrons. The number of benzene rings is 2. The molecule has 8 nitrogen and oxygen atoms in total. The van der Waals surface area contributed by atoms with Crippen molar-refractivity contribution in [3.05, 3.63) is 74.4 Å². The first kappa shape index (κ1) is 22.5. The Bertz CT molecular complexity index is 1350. The van der Waals surface area contributed by atoms with Crippen molar-refractivity contribution in [2.75, 3.05) is 26.2 Å². The van der Waals surface area contributed by atoms with Gasteiger partial charge < -0.3 is 9.80 Å². The van der Waals surface area contributed by atoms with Gasteiger partial charge in [0.1, 0.15) is 6.54 Å². The number of hydrogen-bond donors (Lipinski definition) is 0. The number of piperazine rings is 1. The van der Waals surface area contributed by atoms with Gasteiger partial charge in [0.2, 0.25) is 11.8 Å². The fourth-order valence-electron chi connectivity index (χ4n) is 4.39. The number of nitrogens with zero attached hydrogens (tertiary/aromatic N) is 4. The van der Waals surface area contributed by atoms with Crippen LogP contribution in [-0.2, 0) is 22.6 Å². The number of carbonyl (C=O) groups excluding carboxylic acids is 2. The molecule has 3 aromatic rings. The van der Waals surface area contributed by atoms with Gasteiger partial charge in [0, 0.05) is 33.1 Å². The van der Waals surface area contributed by atoms with Gasteiger partial charge in [-0.1, -0.05) is 36.8 Å². The van der Waals surface area contributed by atoms with E-state index in [1.807, 2.05) is 32.0 Å². The van der Waals surface area contributed by atoms with Gasteiger partial charge in [-0.25, -0.2) is 9.36 Å². The van der Waals surface area contributed by atoms with Crippen LogP contribution < -0.4 is 11.2 Å². The molecule has 0 atom stereocenters. The molecule has 1 fully saturated rings. The second-order valence-electron chi connectivity index (χ2n) is 8.40. The summed E-state index contributed by atoms with van der Waals surface area (Å²) in [6.45, 7) is 6.98. The summed E-state index contributed by atoms with van der Waals surface area (Å²) in [7, 11) is 0. The van der Waals surface area contributed by atoms with E-state index in [4.69, 9.17) is 0 Å². The molecule has 172 valence electrons. The number of aryl methyl sites for hydroxylation is 2. The third kappa shape index (κ3) is 4.20. The Morgan fingerprint density at radius 1 is 0.939 bits per heavy atom. The molecule has 2 heterocycles. The molecule has 8 heteroatoms. The van der Waals surface area contributed by atoms with Crippen molar-refractivity contribution >= 4 is 22.7 Å². The molecular weight excluding hydrogens is 420 g/mol. The first-order valence-electron chi connectivity index (χ1n) is 11.2. The van der Waals surface area contributed by atoms with E-state index in [0.29, 0.717) is 49.2 Å². The minimum absolute atomic E-state index is 0.0126. The van der Waals surface area contributed by atoms with Crippen LogP contribution in [0.25, 0.3) is 16.6 Å². The van der Waals surface area contributed by atoms with E-state index in [-0.39, 0.29) is 18.4 Å². The number of aromatic nitrogens is 2. The Balaban J connectivity index is 1.81. The van der Waals surface area contributed by atoms with E-state index in [1.165, 1.54) is 16.1 Å². The van der Waals surface area contributed by atoms with Gasteiger partial charge in [-0.05, 0) is 37.1 Å². The summed E-state index contributed by atoms with van der Waals surface area (Å²) < 4.78 is 2.57. The summed E-state index contributed by atoms with van der Waals surface area (Å²) in [6, 6.07) is 12.6. The van der Waals surface area contributed by atoms with Crippen LogP contribution in [0.2, 0.25) is 0 Å². The lowest BCUT2D eigenvalue weighted by molar-refractivity contribution is -0.138. The zero-order chi connectivity index (χ0) is 23.7. The molecule has 4 rings (SSSR count). The van der Waals surface area contributed by atoms with Crippen molar-refractivity contribution in [2.45, 2.75) is 33.7 Å². The molecule has 2 amide bonds. The van der Waals surface area contributed by atoms with E-state index in [0.717, 1.165) is 11.1 Å². The van der Waals surface area contributed by atoms with E-state index in [2.05, 4.69) is 0 Å². The summed E-state index contributed by atoms with van der Waals surface area (Å²) in [5.74, 6) is -0.225. The maximum Gasteiger partial charge on any atom is 0.336 e. The summed E-state index contributed by atoms with van der Waals surface area (Å²) in [4.78, 5) is 55.1. The lowest BCUT2D eigenvalue weighted by Crippen LogP contribution is -2.51. The van der Waals surface area contributed by atoms with Crippen LogP contribution in [0.5, 0.6) is 0 Å². The van der Waals surface area contributed by atoms with Gasteiger partial charge in [-0.3, -0.25) is 19.0 Å². The molecule has 33 heavy (non-hydrogen) atoms. The number of hydrogen-bond acceptors (Lipinski definition) is 4. The number of para-hydroxylation sites is 1. The third-order valence-electron chi connectivity index (χ3n) is 6.28. The van der Waals surface area contributed by atoms with Crippen molar-refractivity contribution in [3.8, 4) is 5.69 Å². The first-order valence-corrected chi connectivity index (χ1v) is 11.2. The van der Waals surface area contributed by atoms with E-state index < -0.39 is 11.2 Å². The van der Waals surface area contributed by atoms with Crippen molar-refractivity contribution < 1.29 is 9.59 Å². The Morgan fingerprint density at radius 2 is 1.61 bits per heavy atom. The summed E-state index contributed by atoms with van der Waals surface area (Å²) >= 11 is 0. The minimum Gasteiger partial charge on any atom is -0.339 e. The fraction of sp³-hybridized carbons (Fsp3) is 0.360. The van der Waals surface area contributed by atoms with Crippen LogP contribution in [0.3, 0.4) is 0 Å². The van der Waals surface area contributed by atoms with Gasteiger partial charge in [0.25, 0.3) is 5.56 Å². The molecule has 0 saturated carbocycles. The van der Waals surface area contributed by atoms with Gasteiger partial charge in [0.15, 0.2) is 0 Å². The lowest BCUT2D eigenvalue weighted by Gasteiger charge is -2.34. The van der Waals surface area contributed by atoms with Crippen LogP contribution in [0.4, 0.5) is 0 Å². The minimum atomic E-state index is -0.534. The van der Waals surface area contributed by atoms with Crippen molar-refractivity contribution in [3.63, 3.8) is 0 Å². The predicted molar refractivity (Wildman–Crippen MR) is 127 cm³/mol. The Kier molecular flexibility index (Phi) is 6.18. The highest BCUT2D eigenvalue weighted by Gasteiger charge is 2.24. The van der Waals surface area contributed by atoms with Gasteiger partial charge in [-0.15, -0.1) is 0 Å². The van der Waals surface area contributed by atoms with Crippen LogP contribution in [0.15, 0.2) is 52.1 Å². The van der Waals surface area contributed by atoms with Gasteiger partial charge in [0.05, 0.1) is 16.6 Å². The zero-order valence-corrected chi connectivity index (χ0v) is 19.2. The molecule has 1 aliphatic heterocycles. The Morgan fingerprint density at radius 3 is 2.27 bits per heavy atom. The fourth-order valence-corrected chi connectivity index (χ4v) is 4.39. The smallest absolute Gasteiger partial charge is 0.336 e. The van der Waals surface area contributed by atoms with Crippen LogP contribution in [0, 0.1) is 6.92 Å². The standard InChI is InChI=1S/C25H28N4O4/c1-4-19-7-5-6-8-21(19)29-24(32)20-15-17(2)9-10-22(20)28(25(29)33)16-23(31)27-13-11-26(12-14-27)18(3)30/h5-10,15H,4,11-14,16H2,1-3H3. The predicted octanol–water partition coefficient (Wildman–Crippen LogP) is 1.71. The van der Waals surface area contributed by atoms with Gasteiger partial charge in [-0.2, -0.15) is 0 Å². The molecule has 0 bridgehead atoms. The van der Waals surface area contributed by atoms with Crippen molar-refractivity contribution in [1.82, 2.24) is 18.9 Å². The van der Waals surface area contributed by atoms with E-state index in [9.17, 15) is 19.2 Å². The highest BCUT2D eigenvalue weighted by Crippen LogP contribution is 2.16. The largest absolute Gasteiger partial charge is 0.339 e. The number of amides is 2. The van der Waals surface area contributed by atoms with Crippen LogP contribution >= 0.6 is 0 Å². The monoisotopic (exact) mass is 448 g/mol. The highest BCUT2D eigenvalue weighted by molar-refractivity contribution is 5.83. The van der Waals surface area contributed by atoms with Crippen LogP contribution in [-0.4, -0.2) is 56.9 Å². The summed E-state index contributed by atoms with van der Waals surface area (Å²) in [5, 5.41) is 0.398. The highest BCUT2D eigenvalue weighted by atomic mass is 16.2. The quantitative estimate of drug-likeness (QED) is 0.608. The molecule has 0 N–H and O–H groups in total. The average molecular weight is 449 g/mol. The zero-order valence-electron chi connectivity index (χ0n) is 19.2. The average Bonchev–Trinajstić information content (AvgIpc) is 2.82. The Hall–Kier alpha value is -3.68. The Labute approximate surface area is 191 Å². The molecule has 2 aromatic carbocycles. The molecule has 0 unspecified atom stereocenters. The van der Waals surface area contributed by atoms with Crippen molar-refractivity contribution in [1.29, 1.82) is 0 Å². The van der Waals surface area contributed by atoms with E-state index in [1.54, 1.807) is 34.1 Å². The SMILES string of the molecule is CCc1ccccc1-n1c(=O)c2cc(C)ccc2n(CC(=O)N2CCN(C(C)=O)CC2)c1=O. The second kappa shape index (κ2) is 9.05. The molecule has 1 aromatic heterocycles. The van der Waals surface area contributed by atoms with Gasteiger partial charge >= 0.3 is 5.69 Å². The third-order valence-corrected chi connectivity index (χ3v) is 6.28. The lowest BCUT2D eigenvalue weighted by atomic mass is 10.1. The molecule has 1 saturated heterocycles. The maximum absolute atomic E-state index is 13.6. The van der Waals surface area contributed by atoms with Crippen LogP contribution in [0.1, 0.15) is 25.0 Å². The molecule has 1 aliphatic rings. The van der Waals surface area contributed by atoms with E-state index >= 15 is 0 Å². The topological polar surface area (TPSA) is 84.6 Å². The first-order chi connectivity index (χ1) is 15.8.